The number of morpholine rings is 1. The molecule has 0 atom stereocenters. The highest BCUT2D eigenvalue weighted by molar-refractivity contribution is 6.07. The number of benzene rings is 2. The molecule has 6 heteroatoms. The number of nitrogens with zero attached hydrogens (tertiary/aromatic N) is 2. The standard InChI is InChI=1S/C22H23N3O3/c1-15-13-21(25-9-11-28-12-10-25)24-19-8-7-16(14-18(15)19)23-22(26)17-5-3-4-6-20(17)27-2/h3-8,13-14H,9-12H2,1-2H3,(H,23,26). The van der Waals surface area contributed by atoms with Crippen LogP contribution in [0.3, 0.4) is 0 Å². The van der Waals surface area contributed by atoms with Gasteiger partial charge in [0, 0.05) is 24.2 Å². The molecule has 3 aromatic rings. The number of carbonyl (C=O) groups excluding carboxylic acids is 1. The van der Waals surface area contributed by atoms with Gasteiger partial charge in [0.2, 0.25) is 0 Å². The predicted octanol–water partition coefficient (Wildman–Crippen LogP) is 3.64. The van der Waals surface area contributed by atoms with Crippen LogP contribution in [0.2, 0.25) is 0 Å². The van der Waals surface area contributed by atoms with Crippen molar-refractivity contribution in [1.29, 1.82) is 0 Å². The lowest BCUT2D eigenvalue weighted by Gasteiger charge is -2.28. The molecule has 0 bridgehead atoms. The van der Waals surface area contributed by atoms with Gasteiger partial charge in [0.05, 0.1) is 31.4 Å². The SMILES string of the molecule is COc1ccccc1C(=O)Nc1ccc2nc(N3CCOCC3)cc(C)c2c1. The van der Waals surface area contributed by atoms with Crippen molar-refractivity contribution < 1.29 is 14.3 Å². The minimum Gasteiger partial charge on any atom is -0.496 e. The summed E-state index contributed by atoms with van der Waals surface area (Å²) in [6.07, 6.45) is 0. The van der Waals surface area contributed by atoms with Gasteiger partial charge in [0.15, 0.2) is 0 Å². The smallest absolute Gasteiger partial charge is 0.259 e. The molecule has 0 spiro atoms. The molecule has 4 rings (SSSR count). The number of carbonyl (C=O) groups is 1. The van der Waals surface area contributed by atoms with Gasteiger partial charge in [0.1, 0.15) is 11.6 Å². The molecular formula is C22H23N3O3. The Labute approximate surface area is 164 Å². The first-order valence-corrected chi connectivity index (χ1v) is 9.34. The summed E-state index contributed by atoms with van der Waals surface area (Å²) in [5, 5.41) is 3.98. The Morgan fingerprint density at radius 1 is 1.14 bits per heavy atom. The summed E-state index contributed by atoms with van der Waals surface area (Å²) in [5.41, 5.74) is 3.27. The number of pyridine rings is 1. The van der Waals surface area contributed by atoms with Crippen molar-refractivity contribution in [2.45, 2.75) is 6.92 Å². The Kier molecular flexibility index (Phi) is 5.12. The minimum absolute atomic E-state index is 0.202. The van der Waals surface area contributed by atoms with Crippen LogP contribution in [0.15, 0.2) is 48.5 Å². The van der Waals surface area contributed by atoms with Gasteiger partial charge in [-0.2, -0.15) is 0 Å². The Morgan fingerprint density at radius 3 is 2.71 bits per heavy atom. The molecule has 6 nitrogen and oxygen atoms in total. The first-order valence-electron chi connectivity index (χ1n) is 9.34. The number of ether oxygens (including phenoxy) is 2. The normalized spacial score (nSPS) is 14.1. The molecule has 2 heterocycles. The fourth-order valence-corrected chi connectivity index (χ4v) is 3.44. The zero-order valence-electron chi connectivity index (χ0n) is 16.1. The summed E-state index contributed by atoms with van der Waals surface area (Å²) in [4.78, 5) is 19.7. The van der Waals surface area contributed by atoms with E-state index in [0.29, 0.717) is 11.3 Å². The van der Waals surface area contributed by atoms with Crippen molar-refractivity contribution in [2.24, 2.45) is 0 Å². The Hall–Kier alpha value is -3.12. The van der Waals surface area contributed by atoms with Gasteiger partial charge in [-0.25, -0.2) is 4.98 Å². The molecule has 1 fully saturated rings. The molecule has 1 aliphatic heterocycles. The van der Waals surface area contributed by atoms with E-state index in [-0.39, 0.29) is 5.91 Å². The van der Waals surface area contributed by atoms with Crippen LogP contribution in [0, 0.1) is 6.92 Å². The molecule has 0 saturated carbocycles. The van der Waals surface area contributed by atoms with Crippen molar-refractivity contribution in [1.82, 2.24) is 4.98 Å². The summed E-state index contributed by atoms with van der Waals surface area (Å²) in [6.45, 7) is 5.23. The van der Waals surface area contributed by atoms with Crippen molar-refractivity contribution in [3.63, 3.8) is 0 Å². The third-order valence-electron chi connectivity index (χ3n) is 4.95. The van der Waals surface area contributed by atoms with Crippen LogP contribution < -0.4 is 15.0 Å². The number of amides is 1. The van der Waals surface area contributed by atoms with E-state index in [1.54, 1.807) is 19.2 Å². The van der Waals surface area contributed by atoms with Crippen LogP contribution in [0.25, 0.3) is 10.9 Å². The number of fused-ring (bicyclic) bond motifs is 1. The maximum Gasteiger partial charge on any atom is 0.259 e. The van der Waals surface area contributed by atoms with Gasteiger partial charge in [-0.05, 0) is 48.9 Å². The van der Waals surface area contributed by atoms with E-state index in [9.17, 15) is 4.79 Å². The molecule has 1 saturated heterocycles. The zero-order chi connectivity index (χ0) is 19.5. The van der Waals surface area contributed by atoms with Gasteiger partial charge in [0.25, 0.3) is 5.91 Å². The Balaban J connectivity index is 1.61. The molecule has 0 aliphatic carbocycles. The fraction of sp³-hybridized carbons (Fsp3) is 0.273. The highest BCUT2D eigenvalue weighted by atomic mass is 16.5. The lowest BCUT2D eigenvalue weighted by molar-refractivity contribution is 0.102. The van der Waals surface area contributed by atoms with Crippen molar-refractivity contribution in [2.75, 3.05) is 43.6 Å². The van der Waals surface area contributed by atoms with Crippen LogP contribution >= 0.6 is 0 Å². The maximum atomic E-state index is 12.7. The Morgan fingerprint density at radius 2 is 1.93 bits per heavy atom. The second kappa shape index (κ2) is 7.86. The van der Waals surface area contributed by atoms with Gasteiger partial charge in [-0.15, -0.1) is 0 Å². The molecule has 1 amide bonds. The number of hydrogen-bond donors (Lipinski definition) is 1. The number of hydrogen-bond acceptors (Lipinski definition) is 5. The fourth-order valence-electron chi connectivity index (χ4n) is 3.44. The minimum atomic E-state index is -0.202. The molecule has 0 radical (unpaired) electrons. The number of para-hydroxylation sites is 1. The van der Waals surface area contributed by atoms with E-state index in [4.69, 9.17) is 14.5 Å². The van der Waals surface area contributed by atoms with E-state index in [1.807, 2.05) is 30.3 Å². The van der Waals surface area contributed by atoms with Gasteiger partial charge in [-0.3, -0.25) is 4.79 Å². The van der Waals surface area contributed by atoms with E-state index in [0.717, 1.165) is 54.3 Å². The maximum absolute atomic E-state index is 12.7. The first kappa shape index (κ1) is 18.3. The van der Waals surface area contributed by atoms with Crippen LogP contribution in [-0.4, -0.2) is 44.3 Å². The van der Waals surface area contributed by atoms with E-state index in [1.165, 1.54) is 0 Å². The third-order valence-corrected chi connectivity index (χ3v) is 4.95. The summed E-state index contributed by atoms with van der Waals surface area (Å²) in [6, 6.07) is 15.1. The average Bonchev–Trinajstić information content (AvgIpc) is 2.74. The summed E-state index contributed by atoms with van der Waals surface area (Å²) in [7, 11) is 1.56. The molecule has 0 unspecified atom stereocenters. The average molecular weight is 377 g/mol. The molecular weight excluding hydrogens is 354 g/mol. The second-order valence-corrected chi connectivity index (χ2v) is 6.78. The monoisotopic (exact) mass is 377 g/mol. The van der Waals surface area contributed by atoms with Crippen molar-refractivity contribution in [3.05, 3.63) is 59.7 Å². The highest BCUT2D eigenvalue weighted by Crippen LogP contribution is 2.26. The van der Waals surface area contributed by atoms with E-state index in [2.05, 4.69) is 23.2 Å². The van der Waals surface area contributed by atoms with Crippen LogP contribution in [0.4, 0.5) is 11.5 Å². The second-order valence-electron chi connectivity index (χ2n) is 6.78. The summed E-state index contributed by atoms with van der Waals surface area (Å²) >= 11 is 0. The van der Waals surface area contributed by atoms with Gasteiger partial charge >= 0.3 is 0 Å². The molecule has 2 aromatic carbocycles. The lowest BCUT2D eigenvalue weighted by Crippen LogP contribution is -2.36. The largest absolute Gasteiger partial charge is 0.496 e. The lowest BCUT2D eigenvalue weighted by atomic mass is 10.1. The molecule has 28 heavy (non-hydrogen) atoms. The molecule has 1 aromatic heterocycles. The number of methoxy groups -OCH3 is 1. The third kappa shape index (κ3) is 3.64. The predicted molar refractivity (Wildman–Crippen MR) is 110 cm³/mol. The van der Waals surface area contributed by atoms with Gasteiger partial charge < -0.3 is 19.7 Å². The zero-order valence-corrected chi connectivity index (χ0v) is 16.1. The number of anilines is 2. The van der Waals surface area contributed by atoms with Gasteiger partial charge in [-0.1, -0.05) is 12.1 Å². The molecule has 1 N–H and O–H groups in total. The molecule has 144 valence electrons. The van der Waals surface area contributed by atoms with Crippen LogP contribution in [-0.2, 0) is 4.74 Å². The van der Waals surface area contributed by atoms with Crippen molar-refractivity contribution in [3.8, 4) is 5.75 Å². The quantitative estimate of drug-likeness (QED) is 0.752. The highest BCUT2D eigenvalue weighted by Gasteiger charge is 2.15. The molecule has 1 aliphatic rings. The first-order chi connectivity index (χ1) is 13.7. The van der Waals surface area contributed by atoms with E-state index >= 15 is 0 Å². The number of aryl methyl sites for hydroxylation is 1. The number of rotatable bonds is 4. The van der Waals surface area contributed by atoms with Crippen molar-refractivity contribution >= 4 is 28.3 Å². The topological polar surface area (TPSA) is 63.7 Å². The van der Waals surface area contributed by atoms with E-state index < -0.39 is 0 Å². The van der Waals surface area contributed by atoms with Crippen LogP contribution in [0.1, 0.15) is 15.9 Å². The Bertz CT molecular complexity index is 1010. The summed E-state index contributed by atoms with van der Waals surface area (Å²) < 4.78 is 10.7. The number of aromatic nitrogens is 1. The van der Waals surface area contributed by atoms with Crippen LogP contribution in [0.5, 0.6) is 5.75 Å². The number of nitrogens with one attached hydrogen (secondary N) is 1. The summed E-state index contributed by atoms with van der Waals surface area (Å²) in [5.74, 6) is 1.32.